The maximum absolute atomic E-state index is 13.4. The van der Waals surface area contributed by atoms with Gasteiger partial charge >= 0.3 is 0 Å². The number of benzene rings is 1. The molecule has 1 saturated carbocycles. The zero-order valence-corrected chi connectivity index (χ0v) is 15.4. The van der Waals surface area contributed by atoms with Gasteiger partial charge in [-0.15, -0.1) is 0 Å². The Kier molecular flexibility index (Phi) is 4.96. The van der Waals surface area contributed by atoms with E-state index in [0.717, 1.165) is 24.0 Å². The molecule has 0 bridgehead atoms. The summed E-state index contributed by atoms with van der Waals surface area (Å²) >= 11 is 0. The molecule has 1 aliphatic carbocycles. The lowest BCUT2D eigenvalue weighted by atomic mass is 10.2. The predicted molar refractivity (Wildman–Crippen MR) is 94.3 cm³/mol. The maximum atomic E-state index is 13.4. The highest BCUT2D eigenvalue weighted by molar-refractivity contribution is 7.89. The van der Waals surface area contributed by atoms with E-state index in [0.29, 0.717) is 18.0 Å². The van der Waals surface area contributed by atoms with Gasteiger partial charge in [0, 0.05) is 31.0 Å². The highest BCUT2D eigenvalue weighted by atomic mass is 32.2. The SMILES string of the molecule is COc1cc(S(=O)(=O)N(Cc2ccncc2)C2CC2)c(OC)cc1C. The third kappa shape index (κ3) is 3.62. The molecule has 1 aromatic heterocycles. The average molecular weight is 362 g/mol. The molecule has 0 radical (unpaired) electrons. The molecule has 7 heteroatoms. The Morgan fingerprint density at radius 1 is 1.12 bits per heavy atom. The van der Waals surface area contributed by atoms with Crippen molar-refractivity contribution in [2.24, 2.45) is 0 Å². The van der Waals surface area contributed by atoms with Crippen LogP contribution in [0.4, 0.5) is 0 Å². The van der Waals surface area contributed by atoms with Crippen LogP contribution in [0.25, 0.3) is 0 Å². The Morgan fingerprint density at radius 3 is 2.32 bits per heavy atom. The fraction of sp³-hybridized carbons (Fsp3) is 0.389. The third-order valence-corrected chi connectivity index (χ3v) is 6.23. The van der Waals surface area contributed by atoms with Crippen LogP contribution in [-0.2, 0) is 16.6 Å². The highest BCUT2D eigenvalue weighted by Gasteiger charge is 2.39. The van der Waals surface area contributed by atoms with Crippen molar-refractivity contribution in [2.45, 2.75) is 37.2 Å². The van der Waals surface area contributed by atoms with Crippen molar-refractivity contribution >= 4 is 10.0 Å². The first-order chi connectivity index (χ1) is 12.0. The van der Waals surface area contributed by atoms with E-state index in [1.54, 1.807) is 28.8 Å². The van der Waals surface area contributed by atoms with Gasteiger partial charge in [0.1, 0.15) is 16.4 Å². The van der Waals surface area contributed by atoms with Gasteiger partial charge in [-0.1, -0.05) is 0 Å². The average Bonchev–Trinajstić information content (AvgIpc) is 3.44. The third-order valence-electron chi connectivity index (χ3n) is 4.31. The largest absolute Gasteiger partial charge is 0.496 e. The summed E-state index contributed by atoms with van der Waals surface area (Å²) in [6.07, 6.45) is 5.08. The van der Waals surface area contributed by atoms with Gasteiger partial charge in [-0.25, -0.2) is 8.42 Å². The van der Waals surface area contributed by atoms with Crippen molar-refractivity contribution in [1.82, 2.24) is 9.29 Å². The zero-order valence-electron chi connectivity index (χ0n) is 14.6. The van der Waals surface area contributed by atoms with E-state index in [9.17, 15) is 8.42 Å². The second kappa shape index (κ2) is 7.01. The lowest BCUT2D eigenvalue weighted by Crippen LogP contribution is -2.33. The van der Waals surface area contributed by atoms with Crippen LogP contribution in [0.3, 0.4) is 0 Å². The molecule has 1 aliphatic rings. The van der Waals surface area contributed by atoms with Gasteiger partial charge in [0.25, 0.3) is 0 Å². The van der Waals surface area contributed by atoms with Crippen molar-refractivity contribution < 1.29 is 17.9 Å². The predicted octanol–water partition coefficient (Wildman–Crippen LogP) is 2.76. The van der Waals surface area contributed by atoms with Crippen LogP contribution in [0.5, 0.6) is 11.5 Å². The number of methoxy groups -OCH3 is 2. The van der Waals surface area contributed by atoms with Crippen molar-refractivity contribution in [2.75, 3.05) is 14.2 Å². The number of hydrogen-bond acceptors (Lipinski definition) is 5. The van der Waals surface area contributed by atoms with E-state index >= 15 is 0 Å². The number of nitrogens with zero attached hydrogens (tertiary/aromatic N) is 2. The molecular formula is C18H22N2O4S. The molecule has 2 aromatic rings. The number of aryl methyl sites for hydroxylation is 1. The normalized spacial score (nSPS) is 14.6. The molecule has 0 amide bonds. The number of ether oxygens (including phenoxy) is 2. The Morgan fingerprint density at radius 2 is 1.76 bits per heavy atom. The topological polar surface area (TPSA) is 68.7 Å². The Labute approximate surface area is 148 Å². The van der Waals surface area contributed by atoms with Gasteiger partial charge in [0.2, 0.25) is 10.0 Å². The minimum atomic E-state index is -3.72. The van der Waals surface area contributed by atoms with E-state index in [1.165, 1.54) is 14.2 Å². The van der Waals surface area contributed by atoms with E-state index in [2.05, 4.69) is 4.98 Å². The standard InChI is InChI=1S/C18H22N2O4S/c1-13-10-17(24-3)18(11-16(13)23-2)25(21,22)20(15-4-5-15)12-14-6-8-19-9-7-14/h6-11,15H,4-5,12H2,1-3H3. The first-order valence-electron chi connectivity index (χ1n) is 8.10. The fourth-order valence-electron chi connectivity index (χ4n) is 2.79. The highest BCUT2D eigenvalue weighted by Crippen LogP contribution is 2.38. The van der Waals surface area contributed by atoms with E-state index in [-0.39, 0.29) is 10.9 Å². The molecule has 1 aromatic carbocycles. The monoisotopic (exact) mass is 362 g/mol. The molecule has 134 valence electrons. The van der Waals surface area contributed by atoms with Gasteiger partial charge in [-0.05, 0) is 49.1 Å². The smallest absolute Gasteiger partial charge is 0.247 e. The van der Waals surface area contributed by atoms with Crippen LogP contribution in [0.2, 0.25) is 0 Å². The molecule has 0 spiro atoms. The van der Waals surface area contributed by atoms with Crippen LogP contribution < -0.4 is 9.47 Å². The molecule has 0 aliphatic heterocycles. The molecule has 0 atom stereocenters. The minimum Gasteiger partial charge on any atom is -0.496 e. The maximum Gasteiger partial charge on any atom is 0.247 e. The summed E-state index contributed by atoms with van der Waals surface area (Å²) in [5.41, 5.74) is 1.73. The van der Waals surface area contributed by atoms with E-state index in [1.807, 2.05) is 19.1 Å². The molecule has 0 saturated heterocycles. The lowest BCUT2D eigenvalue weighted by molar-refractivity contribution is 0.375. The van der Waals surface area contributed by atoms with Crippen LogP contribution in [-0.4, -0.2) is 38.0 Å². The number of sulfonamides is 1. The number of rotatable bonds is 7. The molecule has 0 N–H and O–H groups in total. The van der Waals surface area contributed by atoms with Crippen molar-refractivity contribution in [3.8, 4) is 11.5 Å². The second-order valence-electron chi connectivity index (χ2n) is 6.11. The quantitative estimate of drug-likeness (QED) is 0.757. The summed E-state index contributed by atoms with van der Waals surface area (Å²) in [5.74, 6) is 0.859. The summed E-state index contributed by atoms with van der Waals surface area (Å²) in [5, 5.41) is 0. The molecule has 3 rings (SSSR count). The molecule has 1 heterocycles. The van der Waals surface area contributed by atoms with Crippen LogP contribution in [0, 0.1) is 6.92 Å². The first kappa shape index (κ1) is 17.7. The summed E-state index contributed by atoms with van der Waals surface area (Å²) in [6.45, 7) is 2.17. The van der Waals surface area contributed by atoms with Crippen LogP contribution in [0.1, 0.15) is 24.0 Å². The number of pyridine rings is 1. The summed E-state index contributed by atoms with van der Waals surface area (Å²) in [6, 6.07) is 6.93. The van der Waals surface area contributed by atoms with Crippen LogP contribution >= 0.6 is 0 Å². The van der Waals surface area contributed by atoms with Crippen molar-refractivity contribution in [1.29, 1.82) is 0 Å². The van der Waals surface area contributed by atoms with E-state index < -0.39 is 10.0 Å². The van der Waals surface area contributed by atoms with Gasteiger partial charge in [0.15, 0.2) is 0 Å². The summed E-state index contributed by atoms with van der Waals surface area (Å²) in [7, 11) is -0.715. The van der Waals surface area contributed by atoms with Crippen molar-refractivity contribution in [3.05, 3.63) is 47.8 Å². The van der Waals surface area contributed by atoms with Gasteiger partial charge in [0.05, 0.1) is 14.2 Å². The fourth-order valence-corrected chi connectivity index (χ4v) is 4.62. The number of aromatic nitrogens is 1. The Balaban J connectivity index is 2.04. The minimum absolute atomic E-state index is 0.0233. The van der Waals surface area contributed by atoms with Gasteiger partial charge < -0.3 is 9.47 Å². The summed E-state index contributed by atoms with van der Waals surface area (Å²) < 4.78 is 38.9. The molecular weight excluding hydrogens is 340 g/mol. The molecule has 1 fully saturated rings. The Hall–Kier alpha value is -2.12. The zero-order chi connectivity index (χ0) is 18.0. The van der Waals surface area contributed by atoms with Gasteiger partial charge in [-0.2, -0.15) is 4.31 Å². The van der Waals surface area contributed by atoms with E-state index in [4.69, 9.17) is 9.47 Å². The first-order valence-corrected chi connectivity index (χ1v) is 9.54. The second-order valence-corrected chi connectivity index (χ2v) is 7.97. The molecule has 25 heavy (non-hydrogen) atoms. The number of hydrogen-bond donors (Lipinski definition) is 0. The van der Waals surface area contributed by atoms with Gasteiger partial charge in [-0.3, -0.25) is 4.98 Å². The van der Waals surface area contributed by atoms with Crippen molar-refractivity contribution in [3.63, 3.8) is 0 Å². The summed E-state index contributed by atoms with van der Waals surface area (Å²) in [4.78, 5) is 4.13. The lowest BCUT2D eigenvalue weighted by Gasteiger charge is -2.23. The molecule has 0 unspecified atom stereocenters. The Bertz CT molecular complexity index is 849. The molecule has 6 nitrogen and oxygen atoms in total. The van der Waals surface area contributed by atoms with Crippen LogP contribution in [0.15, 0.2) is 41.6 Å².